The predicted molar refractivity (Wildman–Crippen MR) is 104 cm³/mol. The lowest BCUT2D eigenvalue weighted by atomic mass is 10.0. The van der Waals surface area contributed by atoms with E-state index in [0.717, 1.165) is 38.9 Å². The van der Waals surface area contributed by atoms with Crippen LogP contribution in [0.5, 0.6) is 0 Å². The molecule has 1 atom stereocenters. The van der Waals surface area contributed by atoms with Gasteiger partial charge in [-0.3, -0.25) is 9.69 Å². The lowest BCUT2D eigenvalue weighted by molar-refractivity contribution is -0.265. The molecule has 0 aromatic heterocycles. The molecular formula is C22H32N2O3. The molecule has 2 heterocycles. The molecule has 1 unspecified atom stereocenters. The largest absolute Gasteiger partial charge is 0.347 e. The van der Waals surface area contributed by atoms with Crippen LogP contribution in [0.25, 0.3) is 0 Å². The van der Waals surface area contributed by atoms with Gasteiger partial charge in [-0.05, 0) is 37.3 Å². The van der Waals surface area contributed by atoms with Crippen LogP contribution >= 0.6 is 0 Å². The third-order valence-corrected chi connectivity index (χ3v) is 6.28. The van der Waals surface area contributed by atoms with E-state index in [4.69, 9.17) is 9.47 Å². The molecule has 1 spiro atoms. The zero-order valence-corrected chi connectivity index (χ0v) is 16.5. The molecule has 0 radical (unpaired) electrons. The van der Waals surface area contributed by atoms with Crippen molar-refractivity contribution in [1.82, 2.24) is 9.80 Å². The zero-order valence-electron chi connectivity index (χ0n) is 16.5. The Morgan fingerprint density at radius 2 is 1.85 bits per heavy atom. The Morgan fingerprint density at radius 3 is 2.67 bits per heavy atom. The molecule has 4 rings (SSSR count). The topological polar surface area (TPSA) is 42.0 Å². The minimum Gasteiger partial charge on any atom is -0.347 e. The predicted octanol–water partition coefficient (Wildman–Crippen LogP) is 2.96. The first-order valence-corrected chi connectivity index (χ1v) is 10.5. The molecule has 148 valence electrons. The summed E-state index contributed by atoms with van der Waals surface area (Å²) in [6.45, 7) is 7.29. The summed E-state index contributed by atoms with van der Waals surface area (Å²) in [6, 6.07) is 8.55. The number of aryl methyl sites for hydroxylation is 1. The normalized spacial score (nSPS) is 27.8. The number of ether oxygens (including phenoxy) is 2. The van der Waals surface area contributed by atoms with Crippen LogP contribution in [0.4, 0.5) is 0 Å². The van der Waals surface area contributed by atoms with Crippen molar-refractivity contribution < 1.29 is 14.3 Å². The molecule has 1 aromatic carbocycles. The van der Waals surface area contributed by atoms with Gasteiger partial charge in [0.05, 0.1) is 26.3 Å². The highest BCUT2D eigenvalue weighted by atomic mass is 16.7. The Hall–Kier alpha value is -1.43. The lowest BCUT2D eigenvalue weighted by Crippen LogP contribution is -2.59. The van der Waals surface area contributed by atoms with E-state index in [1.165, 1.54) is 24.0 Å². The Balaban J connectivity index is 1.45. The van der Waals surface area contributed by atoms with Crippen molar-refractivity contribution in [1.29, 1.82) is 0 Å². The molecule has 5 nitrogen and oxygen atoms in total. The summed E-state index contributed by atoms with van der Waals surface area (Å²) in [5.74, 6) is -0.145. The molecule has 3 aliphatic rings. The summed E-state index contributed by atoms with van der Waals surface area (Å²) >= 11 is 0. The van der Waals surface area contributed by atoms with E-state index >= 15 is 0 Å². The number of carbonyl (C=O) groups is 1. The number of morpholine rings is 1. The van der Waals surface area contributed by atoms with E-state index in [9.17, 15) is 4.79 Å². The van der Waals surface area contributed by atoms with E-state index in [-0.39, 0.29) is 5.92 Å². The zero-order chi connectivity index (χ0) is 18.7. The molecule has 1 saturated carbocycles. The Morgan fingerprint density at radius 1 is 1.07 bits per heavy atom. The minimum absolute atomic E-state index is 0.217. The van der Waals surface area contributed by atoms with Gasteiger partial charge in [0, 0.05) is 25.6 Å². The van der Waals surface area contributed by atoms with Gasteiger partial charge in [0.15, 0.2) is 5.79 Å². The maximum atomic E-state index is 12.9. The lowest BCUT2D eigenvalue weighted by Gasteiger charge is -2.43. The van der Waals surface area contributed by atoms with Gasteiger partial charge in [0.2, 0.25) is 5.91 Å². The van der Waals surface area contributed by atoms with Crippen molar-refractivity contribution in [3.05, 3.63) is 35.4 Å². The van der Waals surface area contributed by atoms with Crippen molar-refractivity contribution in [3.8, 4) is 0 Å². The number of hydrogen-bond donors (Lipinski definition) is 0. The Bertz CT molecular complexity index is 659. The third kappa shape index (κ3) is 4.36. The van der Waals surface area contributed by atoms with Crippen molar-refractivity contribution in [3.63, 3.8) is 0 Å². The SMILES string of the molecule is Cc1ccccc1CN1CCCOC2(C1)CN(C(=O)C1CCCC1)CCO2. The van der Waals surface area contributed by atoms with Crippen molar-refractivity contribution >= 4 is 5.91 Å². The van der Waals surface area contributed by atoms with Crippen molar-refractivity contribution in [2.45, 2.75) is 51.4 Å². The van der Waals surface area contributed by atoms with E-state index < -0.39 is 5.79 Å². The Labute approximate surface area is 162 Å². The quantitative estimate of drug-likeness (QED) is 0.818. The molecule has 2 aliphatic heterocycles. The number of carbonyl (C=O) groups excluding carboxylic acids is 1. The van der Waals surface area contributed by atoms with Gasteiger partial charge in [-0.25, -0.2) is 0 Å². The fraction of sp³-hybridized carbons (Fsp3) is 0.682. The van der Waals surface area contributed by atoms with Crippen LogP contribution in [0.15, 0.2) is 24.3 Å². The average molecular weight is 373 g/mol. The molecule has 3 fully saturated rings. The fourth-order valence-electron chi connectivity index (χ4n) is 4.73. The third-order valence-electron chi connectivity index (χ3n) is 6.28. The summed E-state index contributed by atoms with van der Waals surface area (Å²) in [6.07, 6.45) is 5.46. The number of benzene rings is 1. The molecule has 5 heteroatoms. The Kier molecular flexibility index (Phi) is 5.81. The monoisotopic (exact) mass is 372 g/mol. The molecule has 1 aromatic rings. The summed E-state index contributed by atoms with van der Waals surface area (Å²) in [5.41, 5.74) is 2.67. The maximum absolute atomic E-state index is 12.9. The van der Waals surface area contributed by atoms with Crippen LogP contribution in [-0.2, 0) is 20.8 Å². The van der Waals surface area contributed by atoms with Gasteiger partial charge >= 0.3 is 0 Å². The summed E-state index contributed by atoms with van der Waals surface area (Å²) in [5, 5.41) is 0. The van der Waals surface area contributed by atoms with Crippen molar-refractivity contribution in [2.75, 3.05) is 39.4 Å². The number of amides is 1. The van der Waals surface area contributed by atoms with Gasteiger partial charge in [-0.15, -0.1) is 0 Å². The van der Waals surface area contributed by atoms with E-state index in [1.54, 1.807) is 0 Å². The number of nitrogens with zero attached hydrogens (tertiary/aromatic N) is 2. The second-order valence-corrected chi connectivity index (χ2v) is 8.34. The smallest absolute Gasteiger partial charge is 0.225 e. The highest BCUT2D eigenvalue weighted by molar-refractivity contribution is 5.79. The molecule has 1 amide bonds. The summed E-state index contributed by atoms with van der Waals surface area (Å²) < 4.78 is 12.4. The summed E-state index contributed by atoms with van der Waals surface area (Å²) in [4.78, 5) is 17.4. The van der Waals surface area contributed by atoms with Gasteiger partial charge in [-0.1, -0.05) is 37.1 Å². The first-order valence-electron chi connectivity index (χ1n) is 10.5. The molecule has 27 heavy (non-hydrogen) atoms. The first kappa shape index (κ1) is 18.9. The molecular weight excluding hydrogens is 340 g/mol. The molecule has 0 N–H and O–H groups in total. The number of hydrogen-bond acceptors (Lipinski definition) is 4. The highest BCUT2D eigenvalue weighted by Gasteiger charge is 2.43. The second-order valence-electron chi connectivity index (χ2n) is 8.34. The van der Waals surface area contributed by atoms with Crippen LogP contribution in [0.1, 0.15) is 43.2 Å². The average Bonchev–Trinajstić information content (AvgIpc) is 3.15. The van der Waals surface area contributed by atoms with Crippen LogP contribution in [-0.4, -0.2) is 60.9 Å². The molecule has 1 aliphatic carbocycles. The minimum atomic E-state index is -0.675. The van der Waals surface area contributed by atoms with Gasteiger partial charge in [-0.2, -0.15) is 0 Å². The van der Waals surface area contributed by atoms with E-state index in [0.29, 0.717) is 32.2 Å². The summed E-state index contributed by atoms with van der Waals surface area (Å²) in [7, 11) is 0. The first-order chi connectivity index (χ1) is 13.2. The molecule has 2 saturated heterocycles. The second kappa shape index (κ2) is 8.29. The standard InChI is InChI=1S/C22H32N2O3/c1-18-7-2-3-10-20(18)15-23-11-6-13-26-22(16-23)17-24(12-14-27-22)21(25)19-8-4-5-9-19/h2-3,7,10,19H,4-6,8-9,11-17H2,1H3. The van der Waals surface area contributed by atoms with Gasteiger partial charge in [0.25, 0.3) is 0 Å². The van der Waals surface area contributed by atoms with Crippen LogP contribution in [0, 0.1) is 12.8 Å². The molecule has 0 bridgehead atoms. The van der Waals surface area contributed by atoms with Gasteiger partial charge < -0.3 is 14.4 Å². The van der Waals surface area contributed by atoms with Crippen LogP contribution in [0.2, 0.25) is 0 Å². The fourth-order valence-corrected chi connectivity index (χ4v) is 4.73. The van der Waals surface area contributed by atoms with E-state index in [1.807, 2.05) is 4.90 Å². The number of rotatable bonds is 3. The highest BCUT2D eigenvalue weighted by Crippen LogP contribution is 2.30. The van der Waals surface area contributed by atoms with Gasteiger partial charge in [0.1, 0.15) is 0 Å². The van der Waals surface area contributed by atoms with Crippen LogP contribution < -0.4 is 0 Å². The maximum Gasteiger partial charge on any atom is 0.225 e. The van der Waals surface area contributed by atoms with E-state index in [2.05, 4.69) is 36.1 Å². The van der Waals surface area contributed by atoms with Crippen LogP contribution in [0.3, 0.4) is 0 Å². The van der Waals surface area contributed by atoms with Crippen molar-refractivity contribution in [2.24, 2.45) is 5.92 Å².